The Kier molecular flexibility index (Phi) is 5.89. The van der Waals surface area contributed by atoms with Crippen LogP contribution in [0.1, 0.15) is 35.7 Å². The van der Waals surface area contributed by atoms with Crippen LogP contribution in [0.15, 0.2) is 41.2 Å². The maximum absolute atomic E-state index is 11.5. The number of likely N-dealkylation sites (N-methyl/N-ethyl adjacent to an activating group) is 1. The molecular formula is C20H27N3O2. The van der Waals surface area contributed by atoms with Crippen LogP contribution in [0.25, 0.3) is 0 Å². The van der Waals surface area contributed by atoms with Crippen LogP contribution in [-0.4, -0.2) is 37.1 Å². The van der Waals surface area contributed by atoms with Crippen LogP contribution >= 0.6 is 0 Å². The van der Waals surface area contributed by atoms with Crippen molar-refractivity contribution >= 4 is 0 Å². The van der Waals surface area contributed by atoms with Crippen molar-refractivity contribution in [1.29, 1.82) is 0 Å². The molecule has 1 aliphatic rings. The molecule has 3 rings (SSSR count). The molecule has 1 unspecified atom stereocenters. The fourth-order valence-electron chi connectivity index (χ4n) is 3.20. The summed E-state index contributed by atoms with van der Waals surface area (Å²) in [4.78, 5) is 16.6. The number of hydrogen-bond donors (Lipinski definition) is 2. The summed E-state index contributed by atoms with van der Waals surface area (Å²) in [5, 5.41) is 3.62. The molecule has 0 spiro atoms. The third-order valence-electron chi connectivity index (χ3n) is 4.61. The Hall–Kier alpha value is -2.11. The summed E-state index contributed by atoms with van der Waals surface area (Å²) < 4.78 is 5.73. The molecule has 2 N–H and O–H groups in total. The molecule has 1 heterocycles. The summed E-state index contributed by atoms with van der Waals surface area (Å²) in [5.41, 5.74) is 3.54. The van der Waals surface area contributed by atoms with Crippen LogP contribution in [-0.2, 0) is 13.0 Å². The number of aromatic amines is 1. The molecule has 0 aliphatic heterocycles. The number of nitrogens with one attached hydrogen (secondary N) is 2. The highest BCUT2D eigenvalue weighted by Gasteiger charge is 2.20. The van der Waals surface area contributed by atoms with Crippen LogP contribution in [0, 0.1) is 0 Å². The van der Waals surface area contributed by atoms with Crippen molar-refractivity contribution < 1.29 is 4.74 Å². The van der Waals surface area contributed by atoms with E-state index in [1.54, 1.807) is 6.07 Å². The zero-order valence-electron chi connectivity index (χ0n) is 15.0. The van der Waals surface area contributed by atoms with Gasteiger partial charge in [0.1, 0.15) is 12.4 Å². The molecule has 1 aromatic carbocycles. The van der Waals surface area contributed by atoms with Gasteiger partial charge in [0.15, 0.2) is 0 Å². The fraction of sp³-hybridized carbons (Fsp3) is 0.450. The number of hydrogen-bond acceptors (Lipinski definition) is 4. The van der Waals surface area contributed by atoms with E-state index < -0.39 is 0 Å². The van der Waals surface area contributed by atoms with E-state index in [1.165, 1.54) is 11.1 Å². The van der Waals surface area contributed by atoms with Crippen molar-refractivity contribution in [3.63, 3.8) is 0 Å². The smallest absolute Gasteiger partial charge is 0.248 e. The van der Waals surface area contributed by atoms with Gasteiger partial charge in [-0.3, -0.25) is 4.79 Å². The minimum atomic E-state index is -0.00995. The van der Waals surface area contributed by atoms with Crippen molar-refractivity contribution in [3.05, 3.63) is 63.6 Å². The number of rotatable bonds is 7. The van der Waals surface area contributed by atoms with Gasteiger partial charge in [-0.05, 0) is 56.6 Å². The van der Waals surface area contributed by atoms with Gasteiger partial charge in [0.25, 0.3) is 0 Å². The van der Waals surface area contributed by atoms with Crippen LogP contribution in [0.4, 0.5) is 0 Å². The predicted octanol–water partition coefficient (Wildman–Crippen LogP) is 2.48. The summed E-state index contributed by atoms with van der Waals surface area (Å²) in [6, 6.07) is 12.2. The minimum absolute atomic E-state index is 0.00995. The first kappa shape index (κ1) is 17.7. The summed E-state index contributed by atoms with van der Waals surface area (Å²) in [6.07, 6.45) is 3.16. The molecule has 5 nitrogen and oxygen atoms in total. The molecule has 0 amide bonds. The van der Waals surface area contributed by atoms with Gasteiger partial charge in [-0.2, -0.15) is 0 Å². The molecule has 134 valence electrons. The van der Waals surface area contributed by atoms with Crippen molar-refractivity contribution in [2.24, 2.45) is 0 Å². The molecule has 0 radical (unpaired) electrons. The number of aromatic nitrogens is 1. The van der Waals surface area contributed by atoms with Crippen molar-refractivity contribution in [3.8, 4) is 5.75 Å². The zero-order chi connectivity index (χ0) is 17.6. The van der Waals surface area contributed by atoms with Crippen molar-refractivity contribution in [2.75, 3.05) is 27.2 Å². The standard InChI is InChI=1S/C20H27N3O2/c1-23(2)12-13-25-16-8-6-15(7-9-16)14-21-18-4-3-5-19-17(18)10-11-20(24)22-19/h6-11,18,21H,3-5,12-14H2,1-2H3,(H,22,24). The Balaban J connectivity index is 1.55. The highest BCUT2D eigenvalue weighted by molar-refractivity contribution is 5.29. The van der Waals surface area contributed by atoms with Gasteiger partial charge in [0, 0.05) is 30.9 Å². The monoisotopic (exact) mass is 341 g/mol. The fourth-order valence-corrected chi connectivity index (χ4v) is 3.20. The van der Waals surface area contributed by atoms with Gasteiger partial charge >= 0.3 is 0 Å². The SMILES string of the molecule is CN(C)CCOc1ccc(CNC2CCCc3[nH]c(=O)ccc32)cc1. The normalized spacial score (nSPS) is 16.7. The number of nitrogens with zero attached hydrogens (tertiary/aromatic N) is 1. The number of pyridine rings is 1. The largest absolute Gasteiger partial charge is 0.492 e. The summed E-state index contributed by atoms with van der Waals surface area (Å²) in [5.74, 6) is 0.909. The maximum Gasteiger partial charge on any atom is 0.248 e. The van der Waals surface area contributed by atoms with E-state index in [0.717, 1.165) is 43.8 Å². The molecule has 1 aromatic heterocycles. The molecule has 0 bridgehead atoms. The van der Waals surface area contributed by atoms with Crippen LogP contribution in [0.5, 0.6) is 5.75 Å². The molecule has 1 atom stereocenters. The van der Waals surface area contributed by atoms with Gasteiger partial charge in [0.2, 0.25) is 5.56 Å². The minimum Gasteiger partial charge on any atom is -0.492 e. The molecule has 2 aromatic rings. The number of benzene rings is 1. The van der Waals surface area contributed by atoms with E-state index in [1.807, 2.05) is 32.3 Å². The van der Waals surface area contributed by atoms with E-state index in [2.05, 4.69) is 27.3 Å². The number of H-pyrrole nitrogens is 1. The lowest BCUT2D eigenvalue weighted by Crippen LogP contribution is -2.27. The molecule has 1 aliphatic carbocycles. The van der Waals surface area contributed by atoms with E-state index >= 15 is 0 Å². The van der Waals surface area contributed by atoms with E-state index in [0.29, 0.717) is 12.6 Å². The topological polar surface area (TPSA) is 57.4 Å². The van der Waals surface area contributed by atoms with E-state index in [4.69, 9.17) is 4.74 Å². The Morgan fingerprint density at radius 2 is 2.00 bits per heavy atom. The molecule has 0 saturated heterocycles. The maximum atomic E-state index is 11.5. The molecule has 5 heteroatoms. The second kappa shape index (κ2) is 8.32. The van der Waals surface area contributed by atoms with Gasteiger partial charge < -0.3 is 19.9 Å². The van der Waals surface area contributed by atoms with Crippen molar-refractivity contribution in [2.45, 2.75) is 31.8 Å². The zero-order valence-corrected chi connectivity index (χ0v) is 15.0. The summed E-state index contributed by atoms with van der Waals surface area (Å²) >= 11 is 0. The first-order valence-electron chi connectivity index (χ1n) is 8.94. The van der Waals surface area contributed by atoms with E-state index in [9.17, 15) is 4.79 Å². The Morgan fingerprint density at radius 3 is 2.76 bits per heavy atom. The number of ether oxygens (including phenoxy) is 1. The van der Waals surface area contributed by atoms with Gasteiger partial charge in [0.05, 0.1) is 0 Å². The van der Waals surface area contributed by atoms with Crippen LogP contribution in [0.2, 0.25) is 0 Å². The quantitative estimate of drug-likeness (QED) is 0.812. The van der Waals surface area contributed by atoms with E-state index in [-0.39, 0.29) is 5.56 Å². The molecule has 25 heavy (non-hydrogen) atoms. The lowest BCUT2D eigenvalue weighted by molar-refractivity contribution is 0.261. The average molecular weight is 341 g/mol. The molecular weight excluding hydrogens is 314 g/mol. The molecule has 0 fully saturated rings. The predicted molar refractivity (Wildman–Crippen MR) is 100 cm³/mol. The second-order valence-corrected chi connectivity index (χ2v) is 6.88. The van der Waals surface area contributed by atoms with Crippen LogP contribution in [0.3, 0.4) is 0 Å². The highest BCUT2D eigenvalue weighted by Crippen LogP contribution is 2.27. The Bertz CT molecular complexity index is 737. The molecule has 0 saturated carbocycles. The van der Waals surface area contributed by atoms with Gasteiger partial charge in [-0.1, -0.05) is 18.2 Å². The summed E-state index contributed by atoms with van der Waals surface area (Å²) in [6.45, 7) is 2.41. The average Bonchev–Trinajstić information content (AvgIpc) is 2.60. The first-order valence-corrected chi connectivity index (χ1v) is 8.94. The summed E-state index contributed by atoms with van der Waals surface area (Å²) in [7, 11) is 4.08. The van der Waals surface area contributed by atoms with Crippen molar-refractivity contribution in [1.82, 2.24) is 15.2 Å². The highest BCUT2D eigenvalue weighted by atomic mass is 16.5. The Morgan fingerprint density at radius 1 is 1.20 bits per heavy atom. The number of fused-ring (bicyclic) bond motifs is 1. The third-order valence-corrected chi connectivity index (χ3v) is 4.61. The lowest BCUT2D eigenvalue weighted by Gasteiger charge is -2.26. The van der Waals surface area contributed by atoms with Gasteiger partial charge in [-0.25, -0.2) is 0 Å². The number of aryl methyl sites for hydroxylation is 1. The van der Waals surface area contributed by atoms with Gasteiger partial charge in [-0.15, -0.1) is 0 Å². The first-order chi connectivity index (χ1) is 12.1. The lowest BCUT2D eigenvalue weighted by atomic mass is 9.91. The third kappa shape index (κ3) is 4.94. The van der Waals surface area contributed by atoms with Crippen LogP contribution < -0.4 is 15.6 Å². The second-order valence-electron chi connectivity index (χ2n) is 6.88. The Labute approximate surface area is 149 Å².